The number of carbonyl (C=O) groups is 2. The number of nitrogens with zero attached hydrogens (tertiary/aromatic N) is 1. The monoisotopic (exact) mass is 503 g/mol. The van der Waals surface area contributed by atoms with E-state index in [0.717, 1.165) is 27.5 Å². The fourth-order valence-electron chi connectivity index (χ4n) is 3.31. The average Bonchev–Trinajstić information content (AvgIpc) is 3.32. The molecule has 0 aliphatic rings. The molecule has 0 radical (unpaired) electrons. The lowest BCUT2D eigenvalue weighted by Gasteiger charge is -2.08. The predicted molar refractivity (Wildman–Crippen MR) is 143 cm³/mol. The zero-order valence-electron chi connectivity index (χ0n) is 19.2. The molecule has 6 nitrogen and oxygen atoms in total. The number of nitrogens with one attached hydrogen (secondary N) is 2. The summed E-state index contributed by atoms with van der Waals surface area (Å²) in [6.45, 7) is 2.57. The van der Waals surface area contributed by atoms with Crippen molar-refractivity contribution in [2.75, 3.05) is 23.0 Å². The highest BCUT2D eigenvalue weighted by molar-refractivity contribution is 8.00. The van der Waals surface area contributed by atoms with E-state index in [1.807, 2.05) is 91.2 Å². The number of anilines is 2. The Bertz CT molecular complexity index is 1270. The van der Waals surface area contributed by atoms with Crippen molar-refractivity contribution in [2.45, 2.75) is 18.2 Å². The second-order valence-corrected chi connectivity index (χ2v) is 9.48. The van der Waals surface area contributed by atoms with Gasteiger partial charge in [-0.2, -0.15) is 0 Å². The molecule has 0 aliphatic carbocycles. The number of hydrogen-bond donors (Lipinski definition) is 2. The fourth-order valence-corrected chi connectivity index (χ4v) is 4.80. The van der Waals surface area contributed by atoms with E-state index in [-0.39, 0.29) is 17.6 Å². The number of carbonyl (C=O) groups excluding carboxylic acids is 2. The highest BCUT2D eigenvalue weighted by Gasteiger charge is 2.10. The van der Waals surface area contributed by atoms with Crippen LogP contribution in [0.4, 0.5) is 10.8 Å². The van der Waals surface area contributed by atoms with Gasteiger partial charge in [-0.05, 0) is 55.0 Å². The molecule has 1 aromatic heterocycles. The van der Waals surface area contributed by atoms with Crippen LogP contribution >= 0.6 is 23.1 Å². The van der Waals surface area contributed by atoms with E-state index in [4.69, 9.17) is 4.74 Å². The van der Waals surface area contributed by atoms with E-state index < -0.39 is 0 Å². The third-order valence-electron chi connectivity index (χ3n) is 4.91. The van der Waals surface area contributed by atoms with Gasteiger partial charge in [-0.25, -0.2) is 4.98 Å². The molecular formula is C27H25N3O3S2. The quantitative estimate of drug-likeness (QED) is 0.255. The fraction of sp³-hybridized carbons (Fsp3) is 0.148. The third kappa shape index (κ3) is 7.43. The van der Waals surface area contributed by atoms with Crippen molar-refractivity contribution in [3.63, 3.8) is 0 Å². The SMILES string of the molecule is CCOc1ccc(-c2csc(NC(=O)CSc3cccc(NC(=O)Cc4ccccc4)c3)n2)cc1. The highest BCUT2D eigenvalue weighted by atomic mass is 32.2. The van der Waals surface area contributed by atoms with Gasteiger partial charge in [0.1, 0.15) is 5.75 Å². The number of ether oxygens (including phenoxy) is 1. The van der Waals surface area contributed by atoms with Crippen LogP contribution in [0.15, 0.2) is 89.1 Å². The van der Waals surface area contributed by atoms with Gasteiger partial charge < -0.3 is 15.4 Å². The van der Waals surface area contributed by atoms with E-state index in [2.05, 4.69) is 15.6 Å². The van der Waals surface area contributed by atoms with Crippen molar-refractivity contribution in [1.82, 2.24) is 4.98 Å². The Labute approximate surface area is 212 Å². The maximum atomic E-state index is 12.5. The molecule has 0 fully saturated rings. The number of thioether (sulfide) groups is 1. The summed E-state index contributed by atoms with van der Waals surface area (Å²) in [6.07, 6.45) is 0.313. The second-order valence-electron chi connectivity index (χ2n) is 7.57. The maximum absolute atomic E-state index is 12.5. The summed E-state index contributed by atoms with van der Waals surface area (Å²) in [5, 5.41) is 8.25. The second kappa shape index (κ2) is 12.2. The minimum Gasteiger partial charge on any atom is -0.494 e. The Hall–Kier alpha value is -3.62. The van der Waals surface area contributed by atoms with Gasteiger partial charge >= 0.3 is 0 Å². The number of thiazole rings is 1. The normalized spacial score (nSPS) is 10.5. The molecule has 0 aliphatic heterocycles. The van der Waals surface area contributed by atoms with Crippen LogP contribution in [0.1, 0.15) is 12.5 Å². The summed E-state index contributed by atoms with van der Waals surface area (Å²) in [5.74, 6) is 0.834. The van der Waals surface area contributed by atoms with Crippen LogP contribution in [0.25, 0.3) is 11.3 Å². The smallest absolute Gasteiger partial charge is 0.236 e. The van der Waals surface area contributed by atoms with Crippen molar-refractivity contribution >= 4 is 45.7 Å². The molecule has 0 saturated heterocycles. The van der Waals surface area contributed by atoms with Crippen LogP contribution in [0.3, 0.4) is 0 Å². The van der Waals surface area contributed by atoms with Gasteiger partial charge in [0.25, 0.3) is 0 Å². The first-order valence-corrected chi connectivity index (χ1v) is 13.0. The lowest BCUT2D eigenvalue weighted by atomic mass is 10.1. The molecule has 3 aromatic carbocycles. The maximum Gasteiger partial charge on any atom is 0.236 e. The largest absolute Gasteiger partial charge is 0.494 e. The molecule has 0 bridgehead atoms. The Balaban J connectivity index is 1.27. The molecule has 0 spiro atoms. The Morgan fingerprint density at radius 2 is 1.74 bits per heavy atom. The molecule has 4 aromatic rings. The van der Waals surface area contributed by atoms with Crippen LogP contribution in [-0.4, -0.2) is 29.2 Å². The topological polar surface area (TPSA) is 80.3 Å². The summed E-state index contributed by atoms with van der Waals surface area (Å²) in [5.41, 5.74) is 3.43. The van der Waals surface area contributed by atoms with Crippen molar-refractivity contribution in [3.8, 4) is 17.0 Å². The molecular weight excluding hydrogens is 478 g/mol. The molecule has 2 N–H and O–H groups in total. The minimum atomic E-state index is -0.138. The van der Waals surface area contributed by atoms with Crippen LogP contribution in [0, 0.1) is 0 Å². The van der Waals surface area contributed by atoms with Gasteiger partial charge in [0.15, 0.2) is 5.13 Å². The average molecular weight is 504 g/mol. The lowest BCUT2D eigenvalue weighted by Crippen LogP contribution is -2.14. The molecule has 2 amide bonds. The van der Waals surface area contributed by atoms with Crippen molar-refractivity contribution in [1.29, 1.82) is 0 Å². The van der Waals surface area contributed by atoms with E-state index in [9.17, 15) is 9.59 Å². The first-order valence-electron chi connectivity index (χ1n) is 11.1. The zero-order chi connectivity index (χ0) is 24.5. The number of benzene rings is 3. The Kier molecular flexibility index (Phi) is 8.53. The molecule has 8 heteroatoms. The molecule has 35 heavy (non-hydrogen) atoms. The Morgan fingerprint density at radius 3 is 2.51 bits per heavy atom. The zero-order valence-corrected chi connectivity index (χ0v) is 20.8. The number of hydrogen-bond acceptors (Lipinski definition) is 6. The molecule has 0 atom stereocenters. The number of rotatable bonds is 10. The van der Waals surface area contributed by atoms with Crippen LogP contribution < -0.4 is 15.4 Å². The van der Waals surface area contributed by atoms with Gasteiger partial charge in [-0.15, -0.1) is 23.1 Å². The van der Waals surface area contributed by atoms with Crippen molar-refractivity contribution in [3.05, 3.63) is 89.8 Å². The standard InChI is InChI=1S/C27H25N3O3S2/c1-2-33-22-13-11-20(12-14-22)24-17-35-27(29-24)30-26(32)18-34-23-10-6-9-21(16-23)28-25(31)15-19-7-4-3-5-8-19/h3-14,16-17H,2,15,18H2,1H3,(H,28,31)(H,29,30,32). The molecule has 178 valence electrons. The third-order valence-corrected chi connectivity index (χ3v) is 6.66. The first kappa shape index (κ1) is 24.5. The van der Waals surface area contributed by atoms with Gasteiger partial charge in [-0.1, -0.05) is 36.4 Å². The summed E-state index contributed by atoms with van der Waals surface area (Å²) < 4.78 is 5.47. The van der Waals surface area contributed by atoms with E-state index in [1.165, 1.54) is 23.1 Å². The van der Waals surface area contributed by atoms with Crippen molar-refractivity contribution in [2.24, 2.45) is 0 Å². The van der Waals surface area contributed by atoms with Crippen LogP contribution in [-0.2, 0) is 16.0 Å². The van der Waals surface area contributed by atoms with Gasteiger partial charge in [-0.3, -0.25) is 9.59 Å². The van der Waals surface area contributed by atoms with Gasteiger partial charge in [0.05, 0.1) is 24.5 Å². The summed E-state index contributed by atoms with van der Waals surface area (Å²) in [7, 11) is 0. The van der Waals surface area contributed by atoms with E-state index >= 15 is 0 Å². The van der Waals surface area contributed by atoms with Crippen LogP contribution in [0.2, 0.25) is 0 Å². The summed E-state index contributed by atoms with van der Waals surface area (Å²) >= 11 is 2.79. The van der Waals surface area contributed by atoms with Crippen LogP contribution in [0.5, 0.6) is 5.75 Å². The number of aromatic nitrogens is 1. The number of amides is 2. The highest BCUT2D eigenvalue weighted by Crippen LogP contribution is 2.27. The first-order chi connectivity index (χ1) is 17.1. The minimum absolute atomic E-state index is 0.0804. The Morgan fingerprint density at radius 1 is 0.943 bits per heavy atom. The molecule has 0 saturated carbocycles. The van der Waals surface area contributed by atoms with E-state index in [0.29, 0.717) is 23.8 Å². The van der Waals surface area contributed by atoms with Crippen molar-refractivity contribution < 1.29 is 14.3 Å². The molecule has 4 rings (SSSR count). The van der Waals surface area contributed by atoms with Gasteiger partial charge in [0, 0.05) is 21.5 Å². The summed E-state index contributed by atoms with van der Waals surface area (Å²) in [4.78, 5) is 30.2. The molecule has 1 heterocycles. The molecule has 0 unspecified atom stereocenters. The lowest BCUT2D eigenvalue weighted by molar-refractivity contribution is -0.115. The van der Waals surface area contributed by atoms with Gasteiger partial charge in [0.2, 0.25) is 11.8 Å². The predicted octanol–water partition coefficient (Wildman–Crippen LogP) is 6.12. The van der Waals surface area contributed by atoms with E-state index in [1.54, 1.807) is 0 Å². The summed E-state index contributed by atoms with van der Waals surface area (Å²) in [6, 6.07) is 24.8.